The van der Waals surface area contributed by atoms with Gasteiger partial charge in [0.1, 0.15) is 5.82 Å². The maximum atomic E-state index is 12.0. The molecular weight excluding hydrogens is 288 g/mol. The van der Waals surface area contributed by atoms with E-state index >= 15 is 0 Å². The number of nitrogen functional groups attached to an aromatic ring is 1. The van der Waals surface area contributed by atoms with Crippen LogP contribution < -0.4 is 11.1 Å². The number of aromatic nitrogens is 2. The summed E-state index contributed by atoms with van der Waals surface area (Å²) in [6.07, 6.45) is 2.00. The van der Waals surface area contributed by atoms with Crippen molar-refractivity contribution in [1.82, 2.24) is 9.78 Å². The summed E-state index contributed by atoms with van der Waals surface area (Å²) in [4.78, 5) is 0.0548. The first-order valence-corrected chi connectivity index (χ1v) is 8.63. The Morgan fingerprint density at radius 3 is 2.57 bits per heavy atom. The highest BCUT2D eigenvalue weighted by Gasteiger charge is 2.24. The van der Waals surface area contributed by atoms with Gasteiger partial charge in [0.15, 0.2) is 20.6 Å². The predicted octanol–water partition coefficient (Wildman–Crippen LogP) is 1.99. The van der Waals surface area contributed by atoms with Gasteiger partial charge >= 0.3 is 0 Å². The van der Waals surface area contributed by atoms with Crippen LogP contribution in [-0.4, -0.2) is 31.0 Å². The fraction of sp³-hybridized carbons (Fsp3) is 0.357. The second-order valence-corrected chi connectivity index (χ2v) is 6.91. The molecule has 114 valence electrons. The van der Waals surface area contributed by atoms with Gasteiger partial charge in [-0.15, -0.1) is 5.10 Å². The molecule has 0 saturated heterocycles. The molecule has 0 amide bonds. The second kappa shape index (κ2) is 5.77. The lowest BCUT2D eigenvalue weighted by Gasteiger charge is -2.07. The highest BCUT2D eigenvalue weighted by atomic mass is 32.2. The lowest BCUT2D eigenvalue weighted by Crippen LogP contribution is -2.07. The number of nitrogens with two attached hydrogens (primary N) is 1. The van der Waals surface area contributed by atoms with E-state index in [2.05, 4.69) is 10.4 Å². The van der Waals surface area contributed by atoms with Crippen LogP contribution in [-0.2, 0) is 9.84 Å². The topological polar surface area (TPSA) is 90.0 Å². The maximum Gasteiger partial charge on any atom is 0.182 e. The largest absolute Gasteiger partial charge is 0.382 e. The molecular formula is C14H20N4O2S. The minimum absolute atomic E-state index is 0.0548. The van der Waals surface area contributed by atoms with Crippen molar-refractivity contribution in [2.75, 3.05) is 23.9 Å². The highest BCUT2D eigenvalue weighted by Crippen LogP contribution is 2.30. The van der Waals surface area contributed by atoms with Gasteiger partial charge in [-0.05, 0) is 25.0 Å². The Morgan fingerprint density at radius 1 is 1.33 bits per heavy atom. The van der Waals surface area contributed by atoms with Gasteiger partial charge in [-0.3, -0.25) is 0 Å². The zero-order chi connectivity index (χ0) is 15.6. The number of hydrogen-bond acceptors (Lipinski definition) is 5. The Hall–Kier alpha value is -2.02. The van der Waals surface area contributed by atoms with Gasteiger partial charge in [0, 0.05) is 12.8 Å². The van der Waals surface area contributed by atoms with Gasteiger partial charge in [0.25, 0.3) is 0 Å². The number of nitrogens with one attached hydrogen (secondary N) is 1. The van der Waals surface area contributed by atoms with Crippen LogP contribution >= 0.6 is 0 Å². The molecule has 0 bridgehead atoms. The molecule has 0 atom stereocenters. The molecule has 0 fully saturated rings. The number of aryl methyl sites for hydroxylation is 1. The number of anilines is 2. The molecule has 0 unspecified atom stereocenters. The standard InChI is InChI=1S/C14H20N4O2S/c1-4-9-16-14-12(21(3,19)20)13(15)18(17-14)11-8-6-5-7-10(11)2/h5-8H,4,9,15H2,1-3H3,(H,16,17). The molecule has 0 radical (unpaired) electrons. The second-order valence-electron chi connectivity index (χ2n) is 4.96. The number of benzene rings is 1. The molecule has 1 heterocycles. The predicted molar refractivity (Wildman–Crippen MR) is 84.6 cm³/mol. The number of hydrogen-bond donors (Lipinski definition) is 2. The zero-order valence-corrected chi connectivity index (χ0v) is 13.2. The third kappa shape index (κ3) is 3.02. The van der Waals surface area contributed by atoms with Gasteiger partial charge in [-0.2, -0.15) is 0 Å². The molecule has 2 aromatic rings. The Balaban J connectivity index is 2.65. The third-order valence-electron chi connectivity index (χ3n) is 3.13. The summed E-state index contributed by atoms with van der Waals surface area (Å²) in [6.45, 7) is 4.55. The third-order valence-corrected chi connectivity index (χ3v) is 4.28. The summed E-state index contributed by atoms with van der Waals surface area (Å²) in [6, 6.07) is 7.55. The average Bonchev–Trinajstić information content (AvgIpc) is 2.73. The molecule has 0 saturated carbocycles. The molecule has 0 aliphatic carbocycles. The molecule has 21 heavy (non-hydrogen) atoms. The molecule has 0 aliphatic rings. The first kappa shape index (κ1) is 15.4. The Kier molecular flexibility index (Phi) is 4.22. The van der Waals surface area contributed by atoms with Crippen LogP contribution in [0.25, 0.3) is 5.69 Å². The van der Waals surface area contributed by atoms with Gasteiger partial charge in [0.2, 0.25) is 0 Å². The van der Waals surface area contributed by atoms with Crippen molar-refractivity contribution < 1.29 is 8.42 Å². The van der Waals surface area contributed by atoms with E-state index in [9.17, 15) is 8.42 Å². The summed E-state index contributed by atoms with van der Waals surface area (Å²) in [5.74, 6) is 0.436. The van der Waals surface area contributed by atoms with Crippen LogP contribution in [0.1, 0.15) is 18.9 Å². The van der Waals surface area contributed by atoms with E-state index in [1.54, 1.807) is 0 Å². The Morgan fingerprint density at radius 2 is 2.00 bits per heavy atom. The minimum atomic E-state index is -3.47. The van der Waals surface area contributed by atoms with Crippen molar-refractivity contribution in [3.8, 4) is 5.69 Å². The molecule has 6 nitrogen and oxygen atoms in total. The lowest BCUT2D eigenvalue weighted by molar-refractivity contribution is 0.602. The molecule has 3 N–H and O–H groups in total. The molecule has 0 aliphatic heterocycles. The van der Waals surface area contributed by atoms with Crippen LogP contribution in [0.5, 0.6) is 0 Å². The summed E-state index contributed by atoms with van der Waals surface area (Å²) in [7, 11) is -3.47. The van der Waals surface area contributed by atoms with Crippen molar-refractivity contribution in [2.45, 2.75) is 25.2 Å². The SMILES string of the molecule is CCCNc1nn(-c2ccccc2C)c(N)c1S(C)(=O)=O. The maximum absolute atomic E-state index is 12.0. The molecule has 1 aromatic heterocycles. The number of para-hydroxylation sites is 1. The van der Waals surface area contributed by atoms with E-state index < -0.39 is 9.84 Å². The van der Waals surface area contributed by atoms with E-state index in [0.717, 1.165) is 23.9 Å². The average molecular weight is 308 g/mol. The zero-order valence-electron chi connectivity index (χ0n) is 12.4. The van der Waals surface area contributed by atoms with Crippen molar-refractivity contribution >= 4 is 21.5 Å². The van der Waals surface area contributed by atoms with E-state index in [0.29, 0.717) is 12.4 Å². The normalized spacial score (nSPS) is 11.6. The molecule has 1 aromatic carbocycles. The quantitative estimate of drug-likeness (QED) is 0.881. The minimum Gasteiger partial charge on any atom is -0.382 e. The van der Waals surface area contributed by atoms with E-state index in [1.165, 1.54) is 4.68 Å². The van der Waals surface area contributed by atoms with Gasteiger partial charge < -0.3 is 11.1 Å². The van der Waals surface area contributed by atoms with Crippen molar-refractivity contribution in [1.29, 1.82) is 0 Å². The molecule has 0 spiro atoms. The smallest absolute Gasteiger partial charge is 0.182 e. The Labute approximate surface area is 124 Å². The van der Waals surface area contributed by atoms with Crippen LogP contribution in [0.3, 0.4) is 0 Å². The molecule has 2 rings (SSSR count). The van der Waals surface area contributed by atoms with Crippen LogP contribution in [0.2, 0.25) is 0 Å². The first-order chi connectivity index (χ1) is 9.86. The van der Waals surface area contributed by atoms with Crippen molar-refractivity contribution in [3.63, 3.8) is 0 Å². The van der Waals surface area contributed by atoms with Crippen molar-refractivity contribution in [3.05, 3.63) is 29.8 Å². The van der Waals surface area contributed by atoms with E-state index in [1.807, 2.05) is 38.1 Å². The van der Waals surface area contributed by atoms with Crippen molar-refractivity contribution in [2.24, 2.45) is 0 Å². The lowest BCUT2D eigenvalue weighted by atomic mass is 10.2. The van der Waals surface area contributed by atoms with E-state index in [-0.39, 0.29) is 10.7 Å². The van der Waals surface area contributed by atoms with Crippen LogP contribution in [0.4, 0.5) is 11.6 Å². The van der Waals surface area contributed by atoms with Gasteiger partial charge in [0.05, 0.1) is 5.69 Å². The number of nitrogens with zero attached hydrogens (tertiary/aromatic N) is 2. The van der Waals surface area contributed by atoms with Crippen LogP contribution in [0, 0.1) is 6.92 Å². The summed E-state index contributed by atoms with van der Waals surface area (Å²) < 4.78 is 25.5. The monoisotopic (exact) mass is 308 g/mol. The Bertz CT molecular complexity index is 750. The van der Waals surface area contributed by atoms with Crippen LogP contribution in [0.15, 0.2) is 29.2 Å². The number of rotatable bonds is 5. The fourth-order valence-corrected chi connectivity index (χ4v) is 3.06. The number of sulfone groups is 1. The summed E-state index contributed by atoms with van der Waals surface area (Å²) >= 11 is 0. The molecule has 7 heteroatoms. The first-order valence-electron chi connectivity index (χ1n) is 6.74. The summed E-state index contributed by atoms with van der Waals surface area (Å²) in [5.41, 5.74) is 7.78. The highest BCUT2D eigenvalue weighted by molar-refractivity contribution is 7.91. The van der Waals surface area contributed by atoms with Gasteiger partial charge in [-0.25, -0.2) is 13.1 Å². The summed E-state index contributed by atoms with van der Waals surface area (Å²) in [5, 5.41) is 7.37. The van der Waals surface area contributed by atoms with Gasteiger partial charge in [-0.1, -0.05) is 25.1 Å². The fourth-order valence-electron chi connectivity index (χ4n) is 2.13. The van der Waals surface area contributed by atoms with E-state index in [4.69, 9.17) is 5.73 Å².